The molecule has 1 aliphatic heterocycles. The van der Waals surface area contributed by atoms with E-state index in [1.54, 1.807) is 0 Å². The van der Waals surface area contributed by atoms with E-state index < -0.39 is 0 Å². The molecule has 40 valence electrons. The Morgan fingerprint density at radius 2 is 2.14 bits per heavy atom. The minimum absolute atomic E-state index is 0.694. The molecule has 1 spiro atoms. The SMILES string of the molecule is CC1CC2(CC2)N1. The zero-order valence-electron chi connectivity index (χ0n) is 4.70. The highest BCUT2D eigenvalue weighted by Gasteiger charge is 2.50. The molecule has 0 radical (unpaired) electrons. The Kier molecular flexibility index (Phi) is 0.487. The lowest BCUT2D eigenvalue weighted by molar-refractivity contribution is 0.261. The average Bonchev–Trinajstić information content (AvgIpc) is 2.14. The molecule has 1 unspecified atom stereocenters. The molecular weight excluding hydrogens is 86.1 g/mol. The zero-order chi connectivity index (χ0) is 4.91. The molecule has 0 bridgehead atoms. The first kappa shape index (κ1) is 3.90. The smallest absolute Gasteiger partial charge is 0.0200 e. The summed E-state index contributed by atoms with van der Waals surface area (Å²) in [5, 5.41) is 3.49. The van der Waals surface area contributed by atoms with Gasteiger partial charge in [0.05, 0.1) is 0 Å². The molecule has 1 saturated carbocycles. The van der Waals surface area contributed by atoms with Gasteiger partial charge in [0.1, 0.15) is 0 Å². The van der Waals surface area contributed by atoms with Gasteiger partial charge in [-0.1, -0.05) is 0 Å². The van der Waals surface area contributed by atoms with Gasteiger partial charge in [0.25, 0.3) is 0 Å². The summed E-state index contributed by atoms with van der Waals surface area (Å²) in [6, 6.07) is 0.822. The lowest BCUT2D eigenvalue weighted by Gasteiger charge is -2.35. The molecule has 1 saturated heterocycles. The molecule has 2 aliphatic rings. The lowest BCUT2D eigenvalue weighted by Crippen LogP contribution is -2.52. The first-order chi connectivity index (χ1) is 3.31. The van der Waals surface area contributed by atoms with Crippen LogP contribution in [0.25, 0.3) is 0 Å². The van der Waals surface area contributed by atoms with Crippen LogP contribution in [0.1, 0.15) is 26.2 Å². The second-order valence-electron chi connectivity index (χ2n) is 3.03. The van der Waals surface area contributed by atoms with Crippen LogP contribution >= 0.6 is 0 Å². The highest BCUT2D eigenvalue weighted by molar-refractivity contribution is 5.11. The normalized spacial score (nSPS) is 43.3. The molecule has 0 aromatic heterocycles. The number of hydrogen-bond acceptors (Lipinski definition) is 1. The summed E-state index contributed by atoms with van der Waals surface area (Å²) in [6.07, 6.45) is 4.32. The van der Waals surface area contributed by atoms with E-state index in [4.69, 9.17) is 0 Å². The van der Waals surface area contributed by atoms with E-state index in [1.807, 2.05) is 0 Å². The molecule has 0 aromatic rings. The van der Waals surface area contributed by atoms with Gasteiger partial charge in [-0.15, -0.1) is 0 Å². The van der Waals surface area contributed by atoms with Crippen LogP contribution in [0.3, 0.4) is 0 Å². The summed E-state index contributed by atoms with van der Waals surface area (Å²) in [5.74, 6) is 0. The molecule has 2 fully saturated rings. The molecule has 2 rings (SSSR count). The molecule has 1 aliphatic carbocycles. The predicted octanol–water partition coefficient (Wildman–Crippen LogP) is 0.901. The second-order valence-corrected chi connectivity index (χ2v) is 3.03. The second kappa shape index (κ2) is 0.873. The zero-order valence-corrected chi connectivity index (χ0v) is 4.70. The lowest BCUT2D eigenvalue weighted by atomic mass is 9.96. The molecule has 1 heterocycles. The maximum absolute atomic E-state index is 3.49. The largest absolute Gasteiger partial charge is 0.309 e. The Bertz CT molecular complexity index is 86.4. The summed E-state index contributed by atoms with van der Waals surface area (Å²) in [7, 11) is 0. The van der Waals surface area contributed by atoms with Crippen LogP contribution in [0.2, 0.25) is 0 Å². The van der Waals surface area contributed by atoms with Crippen molar-refractivity contribution in [3.8, 4) is 0 Å². The standard InChI is InChI=1S/C6H11N/c1-5-4-6(7-5)2-3-6/h5,7H,2-4H2,1H3. The van der Waals surface area contributed by atoms with E-state index >= 15 is 0 Å². The third-order valence-corrected chi connectivity index (χ3v) is 2.10. The molecular formula is C6H11N. The predicted molar refractivity (Wildman–Crippen MR) is 29.2 cm³/mol. The van der Waals surface area contributed by atoms with Crippen LogP contribution in [0.5, 0.6) is 0 Å². The van der Waals surface area contributed by atoms with Crippen molar-refractivity contribution in [1.29, 1.82) is 0 Å². The highest BCUT2D eigenvalue weighted by Crippen LogP contribution is 2.46. The van der Waals surface area contributed by atoms with Crippen LogP contribution in [0.4, 0.5) is 0 Å². The summed E-state index contributed by atoms with van der Waals surface area (Å²) < 4.78 is 0. The van der Waals surface area contributed by atoms with Crippen molar-refractivity contribution >= 4 is 0 Å². The Balaban J connectivity index is 1.97. The van der Waals surface area contributed by atoms with Crippen molar-refractivity contribution in [3.63, 3.8) is 0 Å². The number of nitrogens with one attached hydrogen (secondary N) is 1. The van der Waals surface area contributed by atoms with Crippen molar-refractivity contribution in [2.75, 3.05) is 0 Å². The molecule has 0 amide bonds. The molecule has 0 aromatic carbocycles. The van der Waals surface area contributed by atoms with Gasteiger partial charge in [0, 0.05) is 11.6 Å². The van der Waals surface area contributed by atoms with Crippen molar-refractivity contribution in [2.24, 2.45) is 0 Å². The Morgan fingerprint density at radius 3 is 2.29 bits per heavy atom. The van der Waals surface area contributed by atoms with Gasteiger partial charge in [-0.05, 0) is 26.2 Å². The third-order valence-electron chi connectivity index (χ3n) is 2.10. The molecule has 7 heavy (non-hydrogen) atoms. The summed E-state index contributed by atoms with van der Waals surface area (Å²) >= 11 is 0. The van der Waals surface area contributed by atoms with Crippen molar-refractivity contribution in [2.45, 2.75) is 37.8 Å². The van der Waals surface area contributed by atoms with Gasteiger partial charge in [-0.2, -0.15) is 0 Å². The third kappa shape index (κ3) is 0.418. The summed E-state index contributed by atoms with van der Waals surface area (Å²) in [4.78, 5) is 0. The molecule has 1 atom stereocenters. The molecule has 1 N–H and O–H groups in total. The minimum Gasteiger partial charge on any atom is -0.309 e. The summed E-state index contributed by atoms with van der Waals surface area (Å²) in [6.45, 7) is 2.25. The fraction of sp³-hybridized carbons (Fsp3) is 1.00. The Labute approximate surface area is 44.1 Å². The summed E-state index contributed by atoms with van der Waals surface area (Å²) in [5.41, 5.74) is 0.694. The molecule has 1 nitrogen and oxygen atoms in total. The fourth-order valence-electron chi connectivity index (χ4n) is 1.59. The number of rotatable bonds is 0. The maximum Gasteiger partial charge on any atom is 0.0200 e. The van der Waals surface area contributed by atoms with Crippen LogP contribution < -0.4 is 5.32 Å². The van der Waals surface area contributed by atoms with Crippen LogP contribution in [0, 0.1) is 0 Å². The van der Waals surface area contributed by atoms with Gasteiger partial charge in [0.15, 0.2) is 0 Å². The highest BCUT2D eigenvalue weighted by atomic mass is 15.1. The Morgan fingerprint density at radius 1 is 1.57 bits per heavy atom. The minimum atomic E-state index is 0.694. The van der Waals surface area contributed by atoms with Crippen molar-refractivity contribution in [3.05, 3.63) is 0 Å². The van der Waals surface area contributed by atoms with Crippen molar-refractivity contribution in [1.82, 2.24) is 5.32 Å². The van der Waals surface area contributed by atoms with Gasteiger partial charge in [-0.3, -0.25) is 0 Å². The quantitative estimate of drug-likeness (QED) is 0.473. The van der Waals surface area contributed by atoms with Crippen molar-refractivity contribution < 1.29 is 0 Å². The monoisotopic (exact) mass is 97.1 g/mol. The first-order valence-electron chi connectivity index (χ1n) is 3.08. The topological polar surface area (TPSA) is 12.0 Å². The van der Waals surface area contributed by atoms with E-state index in [0.29, 0.717) is 5.54 Å². The van der Waals surface area contributed by atoms with Crippen LogP contribution in [-0.4, -0.2) is 11.6 Å². The number of hydrogen-bond donors (Lipinski definition) is 1. The maximum atomic E-state index is 3.49. The van der Waals surface area contributed by atoms with E-state index in [2.05, 4.69) is 12.2 Å². The Hall–Kier alpha value is -0.0400. The van der Waals surface area contributed by atoms with E-state index in [9.17, 15) is 0 Å². The van der Waals surface area contributed by atoms with E-state index in [0.717, 1.165) is 6.04 Å². The van der Waals surface area contributed by atoms with Gasteiger partial charge in [0.2, 0.25) is 0 Å². The van der Waals surface area contributed by atoms with Gasteiger partial charge < -0.3 is 5.32 Å². The van der Waals surface area contributed by atoms with Crippen LogP contribution in [-0.2, 0) is 0 Å². The van der Waals surface area contributed by atoms with E-state index in [1.165, 1.54) is 19.3 Å². The van der Waals surface area contributed by atoms with Crippen LogP contribution in [0.15, 0.2) is 0 Å². The van der Waals surface area contributed by atoms with E-state index in [-0.39, 0.29) is 0 Å². The first-order valence-corrected chi connectivity index (χ1v) is 3.08. The average molecular weight is 97.2 g/mol. The van der Waals surface area contributed by atoms with Gasteiger partial charge >= 0.3 is 0 Å². The molecule has 1 heteroatoms. The van der Waals surface area contributed by atoms with Gasteiger partial charge in [-0.25, -0.2) is 0 Å². The fourth-order valence-corrected chi connectivity index (χ4v) is 1.59.